The molecule has 3 heteroatoms. The third kappa shape index (κ3) is 3.67. The fourth-order valence-corrected chi connectivity index (χ4v) is 2.67. The summed E-state index contributed by atoms with van der Waals surface area (Å²) in [7, 11) is 0. The topological polar surface area (TPSA) is 24.5 Å². The van der Waals surface area contributed by atoms with E-state index >= 15 is 0 Å². The van der Waals surface area contributed by atoms with Crippen molar-refractivity contribution in [2.75, 3.05) is 32.8 Å². The van der Waals surface area contributed by atoms with Crippen LogP contribution in [0, 0.1) is 5.41 Å². The van der Waals surface area contributed by atoms with Gasteiger partial charge in [-0.2, -0.15) is 0 Å². The summed E-state index contributed by atoms with van der Waals surface area (Å²) in [6.07, 6.45) is 4.54. The van der Waals surface area contributed by atoms with E-state index in [1.54, 1.807) is 0 Å². The quantitative estimate of drug-likeness (QED) is 0.767. The monoisotopic (exact) mass is 240 g/mol. The SMILES string of the molecule is CCC1(CNCC2CN(C(C)C)CCO2)CC1. The van der Waals surface area contributed by atoms with Crippen molar-refractivity contribution in [3.05, 3.63) is 0 Å². The highest BCUT2D eigenvalue weighted by atomic mass is 16.5. The van der Waals surface area contributed by atoms with Crippen molar-refractivity contribution in [1.29, 1.82) is 0 Å². The normalized spacial score (nSPS) is 28.6. The first-order valence-electron chi connectivity index (χ1n) is 7.21. The van der Waals surface area contributed by atoms with Crippen LogP contribution >= 0.6 is 0 Å². The average molecular weight is 240 g/mol. The molecule has 0 spiro atoms. The van der Waals surface area contributed by atoms with Gasteiger partial charge in [0.25, 0.3) is 0 Å². The molecule has 0 radical (unpaired) electrons. The number of hydrogen-bond acceptors (Lipinski definition) is 3. The summed E-state index contributed by atoms with van der Waals surface area (Å²) in [6.45, 7) is 12.1. The highest BCUT2D eigenvalue weighted by Crippen LogP contribution is 2.47. The lowest BCUT2D eigenvalue weighted by molar-refractivity contribution is -0.0374. The van der Waals surface area contributed by atoms with E-state index in [-0.39, 0.29) is 0 Å². The van der Waals surface area contributed by atoms with Gasteiger partial charge >= 0.3 is 0 Å². The van der Waals surface area contributed by atoms with Gasteiger partial charge in [0.1, 0.15) is 0 Å². The number of nitrogens with zero attached hydrogens (tertiary/aromatic N) is 1. The number of nitrogens with one attached hydrogen (secondary N) is 1. The van der Waals surface area contributed by atoms with Crippen LogP contribution in [0.5, 0.6) is 0 Å². The van der Waals surface area contributed by atoms with Crippen molar-refractivity contribution < 1.29 is 4.74 Å². The number of ether oxygens (including phenoxy) is 1. The van der Waals surface area contributed by atoms with E-state index in [1.165, 1.54) is 25.8 Å². The number of hydrogen-bond donors (Lipinski definition) is 1. The third-order valence-electron chi connectivity index (χ3n) is 4.48. The third-order valence-corrected chi connectivity index (χ3v) is 4.48. The maximum Gasteiger partial charge on any atom is 0.0826 e. The van der Waals surface area contributed by atoms with E-state index in [4.69, 9.17) is 4.74 Å². The van der Waals surface area contributed by atoms with Crippen LogP contribution in [-0.4, -0.2) is 49.8 Å². The molecule has 0 aromatic carbocycles. The molecule has 2 aliphatic rings. The zero-order valence-electron chi connectivity index (χ0n) is 11.7. The summed E-state index contributed by atoms with van der Waals surface area (Å²) >= 11 is 0. The van der Waals surface area contributed by atoms with Gasteiger partial charge in [0.05, 0.1) is 12.7 Å². The molecule has 1 aliphatic carbocycles. The molecular weight excluding hydrogens is 212 g/mol. The van der Waals surface area contributed by atoms with Gasteiger partial charge < -0.3 is 10.1 Å². The van der Waals surface area contributed by atoms with Crippen LogP contribution in [-0.2, 0) is 4.74 Å². The Morgan fingerprint density at radius 3 is 2.76 bits per heavy atom. The summed E-state index contributed by atoms with van der Waals surface area (Å²) in [4.78, 5) is 2.52. The molecule has 1 aliphatic heterocycles. The molecule has 1 heterocycles. The molecule has 1 unspecified atom stereocenters. The molecular formula is C14H28N2O. The zero-order chi connectivity index (χ0) is 12.3. The van der Waals surface area contributed by atoms with Crippen molar-refractivity contribution >= 4 is 0 Å². The van der Waals surface area contributed by atoms with Crippen molar-refractivity contribution in [3.63, 3.8) is 0 Å². The van der Waals surface area contributed by atoms with Gasteiger partial charge in [0, 0.05) is 32.2 Å². The molecule has 1 saturated carbocycles. The zero-order valence-corrected chi connectivity index (χ0v) is 11.7. The predicted molar refractivity (Wildman–Crippen MR) is 71.3 cm³/mol. The van der Waals surface area contributed by atoms with Crippen molar-refractivity contribution in [2.24, 2.45) is 5.41 Å². The molecule has 100 valence electrons. The molecule has 0 amide bonds. The molecule has 1 atom stereocenters. The molecule has 2 fully saturated rings. The Morgan fingerprint density at radius 2 is 2.18 bits per heavy atom. The van der Waals surface area contributed by atoms with Gasteiger partial charge in [-0.3, -0.25) is 4.90 Å². The number of rotatable bonds is 6. The molecule has 1 N–H and O–H groups in total. The lowest BCUT2D eigenvalue weighted by Gasteiger charge is -2.35. The second-order valence-corrected chi connectivity index (χ2v) is 6.07. The highest BCUT2D eigenvalue weighted by molar-refractivity contribution is 4.93. The second-order valence-electron chi connectivity index (χ2n) is 6.07. The van der Waals surface area contributed by atoms with Crippen molar-refractivity contribution in [3.8, 4) is 0 Å². The van der Waals surface area contributed by atoms with E-state index in [2.05, 4.69) is 31.0 Å². The van der Waals surface area contributed by atoms with Crippen LogP contribution in [0.3, 0.4) is 0 Å². The fraction of sp³-hybridized carbons (Fsp3) is 1.00. The van der Waals surface area contributed by atoms with Gasteiger partial charge in [-0.15, -0.1) is 0 Å². The summed E-state index contributed by atoms with van der Waals surface area (Å²) in [5, 5.41) is 3.62. The van der Waals surface area contributed by atoms with E-state index in [0.29, 0.717) is 17.6 Å². The van der Waals surface area contributed by atoms with Gasteiger partial charge in [-0.25, -0.2) is 0 Å². The summed E-state index contributed by atoms with van der Waals surface area (Å²) in [5.41, 5.74) is 0.645. The minimum atomic E-state index is 0.388. The molecule has 17 heavy (non-hydrogen) atoms. The maximum atomic E-state index is 5.82. The molecule has 0 bridgehead atoms. The predicted octanol–water partition coefficient (Wildman–Crippen LogP) is 1.88. The summed E-state index contributed by atoms with van der Waals surface area (Å²) in [6, 6.07) is 0.645. The Labute approximate surface area is 106 Å². The van der Waals surface area contributed by atoms with Crippen molar-refractivity contribution in [2.45, 2.75) is 52.2 Å². The van der Waals surface area contributed by atoms with E-state index < -0.39 is 0 Å². The average Bonchev–Trinajstić information content (AvgIpc) is 3.10. The van der Waals surface area contributed by atoms with Crippen LogP contribution in [0.4, 0.5) is 0 Å². The first kappa shape index (κ1) is 13.3. The number of morpholine rings is 1. The van der Waals surface area contributed by atoms with Gasteiger partial charge in [-0.1, -0.05) is 6.92 Å². The maximum absolute atomic E-state index is 5.82. The molecule has 0 aromatic rings. The minimum Gasteiger partial charge on any atom is -0.374 e. The second kappa shape index (κ2) is 5.68. The first-order chi connectivity index (χ1) is 8.15. The Hall–Kier alpha value is -0.120. The van der Waals surface area contributed by atoms with Gasteiger partial charge in [0.2, 0.25) is 0 Å². The molecule has 1 saturated heterocycles. The minimum absolute atomic E-state index is 0.388. The Bertz CT molecular complexity index is 238. The lowest BCUT2D eigenvalue weighted by atomic mass is 10.0. The van der Waals surface area contributed by atoms with Crippen LogP contribution in [0.25, 0.3) is 0 Å². The van der Waals surface area contributed by atoms with Crippen LogP contribution in [0.2, 0.25) is 0 Å². The lowest BCUT2D eigenvalue weighted by Crippen LogP contribution is -2.49. The largest absolute Gasteiger partial charge is 0.374 e. The summed E-state index contributed by atoms with van der Waals surface area (Å²) < 4.78 is 5.82. The summed E-state index contributed by atoms with van der Waals surface area (Å²) in [5.74, 6) is 0. The van der Waals surface area contributed by atoms with E-state index in [1.807, 2.05) is 0 Å². The smallest absolute Gasteiger partial charge is 0.0826 e. The molecule has 0 aromatic heterocycles. The molecule has 2 rings (SSSR count). The van der Waals surface area contributed by atoms with Crippen LogP contribution in [0.15, 0.2) is 0 Å². The standard InChI is InChI=1S/C14H28N2O/c1-4-14(5-6-14)11-15-9-13-10-16(12(2)3)7-8-17-13/h12-13,15H,4-11H2,1-3H3. The first-order valence-corrected chi connectivity index (χ1v) is 7.21. The Morgan fingerprint density at radius 1 is 1.41 bits per heavy atom. The van der Waals surface area contributed by atoms with E-state index in [9.17, 15) is 0 Å². The van der Waals surface area contributed by atoms with Crippen molar-refractivity contribution in [1.82, 2.24) is 10.2 Å². The Kier molecular flexibility index (Phi) is 4.45. The van der Waals surface area contributed by atoms with Crippen LogP contribution in [0.1, 0.15) is 40.0 Å². The fourth-order valence-electron chi connectivity index (χ4n) is 2.67. The van der Waals surface area contributed by atoms with E-state index in [0.717, 1.165) is 26.2 Å². The van der Waals surface area contributed by atoms with Gasteiger partial charge in [0.15, 0.2) is 0 Å². The van der Waals surface area contributed by atoms with Crippen LogP contribution < -0.4 is 5.32 Å². The molecule has 3 nitrogen and oxygen atoms in total. The Balaban J connectivity index is 1.65. The van der Waals surface area contributed by atoms with Gasteiger partial charge in [-0.05, 0) is 38.5 Å². The highest BCUT2D eigenvalue weighted by Gasteiger charge is 2.40.